The van der Waals surface area contributed by atoms with Gasteiger partial charge in [-0.1, -0.05) is 36.1 Å². The number of unbranched alkanes of at least 4 members (excludes halogenated alkanes) is 1. The van der Waals surface area contributed by atoms with E-state index in [4.69, 9.17) is 0 Å². The number of benzene rings is 2. The van der Waals surface area contributed by atoms with Crippen LogP contribution in [-0.4, -0.2) is 41.6 Å². The van der Waals surface area contributed by atoms with Crippen molar-refractivity contribution in [2.24, 2.45) is 0 Å². The maximum Gasteiger partial charge on any atom is 0.251 e. The number of aliphatic hydroxyl groups is 1. The van der Waals surface area contributed by atoms with Gasteiger partial charge in [0.15, 0.2) is 0 Å². The zero-order valence-corrected chi connectivity index (χ0v) is 17.6. The molecular weight excluding hydrogens is 390 g/mol. The number of aromatic amines is 1. The molecule has 0 aliphatic rings. The number of rotatable bonds is 8. The number of carbonyl (C=O) groups is 2. The third-order valence-corrected chi connectivity index (χ3v) is 5.04. The maximum absolute atomic E-state index is 12.7. The summed E-state index contributed by atoms with van der Waals surface area (Å²) in [6.45, 7) is -0.157. The molecule has 6 heteroatoms. The third-order valence-electron chi connectivity index (χ3n) is 5.04. The first-order valence-corrected chi connectivity index (χ1v) is 10.4. The fourth-order valence-corrected chi connectivity index (χ4v) is 3.36. The average Bonchev–Trinajstić information content (AvgIpc) is 3.21. The number of aromatic nitrogens is 1. The maximum atomic E-state index is 12.7. The lowest BCUT2D eigenvalue weighted by Crippen LogP contribution is -2.39. The van der Waals surface area contributed by atoms with Crippen LogP contribution < -0.4 is 10.6 Å². The molecule has 0 spiro atoms. The van der Waals surface area contributed by atoms with Crippen molar-refractivity contribution in [2.45, 2.75) is 31.7 Å². The van der Waals surface area contributed by atoms with E-state index in [1.165, 1.54) is 0 Å². The van der Waals surface area contributed by atoms with Gasteiger partial charge in [0.2, 0.25) is 5.91 Å². The van der Waals surface area contributed by atoms with Crippen molar-refractivity contribution >= 4 is 22.7 Å². The molecule has 0 bridgehead atoms. The number of hydrogen-bond donors (Lipinski definition) is 4. The number of amides is 2. The largest absolute Gasteiger partial charge is 0.394 e. The summed E-state index contributed by atoms with van der Waals surface area (Å²) in [5, 5.41) is 16.4. The van der Waals surface area contributed by atoms with E-state index in [1.807, 2.05) is 36.5 Å². The van der Waals surface area contributed by atoms with Crippen molar-refractivity contribution in [3.8, 4) is 11.8 Å². The molecule has 6 nitrogen and oxygen atoms in total. The minimum Gasteiger partial charge on any atom is -0.394 e. The van der Waals surface area contributed by atoms with Crippen molar-refractivity contribution < 1.29 is 14.7 Å². The van der Waals surface area contributed by atoms with Crippen LogP contribution in [0.3, 0.4) is 0 Å². The van der Waals surface area contributed by atoms with Crippen molar-refractivity contribution in [3.05, 3.63) is 71.4 Å². The van der Waals surface area contributed by atoms with Gasteiger partial charge in [-0.05, 0) is 42.7 Å². The van der Waals surface area contributed by atoms with E-state index in [-0.39, 0.29) is 18.4 Å². The highest BCUT2D eigenvalue weighted by atomic mass is 16.3. The van der Waals surface area contributed by atoms with Gasteiger partial charge in [-0.15, -0.1) is 0 Å². The molecule has 1 unspecified atom stereocenters. The third kappa shape index (κ3) is 6.21. The molecule has 2 amide bonds. The molecule has 0 saturated heterocycles. The molecule has 0 aliphatic carbocycles. The van der Waals surface area contributed by atoms with Crippen LogP contribution in [0.5, 0.6) is 0 Å². The van der Waals surface area contributed by atoms with Crippen molar-refractivity contribution in [2.75, 3.05) is 13.7 Å². The van der Waals surface area contributed by atoms with Crippen LogP contribution in [0.4, 0.5) is 0 Å². The molecule has 0 radical (unpaired) electrons. The van der Waals surface area contributed by atoms with Crippen molar-refractivity contribution in [1.82, 2.24) is 15.6 Å². The fraction of sp³-hybridized carbons (Fsp3) is 0.280. The van der Waals surface area contributed by atoms with Crippen LogP contribution in [0.15, 0.2) is 54.7 Å². The Balaban J connectivity index is 1.60. The van der Waals surface area contributed by atoms with Gasteiger partial charge in [0, 0.05) is 48.1 Å². The highest BCUT2D eigenvalue weighted by Gasteiger charge is 2.16. The zero-order chi connectivity index (χ0) is 22.1. The van der Waals surface area contributed by atoms with Crippen LogP contribution in [0, 0.1) is 11.8 Å². The number of para-hydroxylation sites is 1. The van der Waals surface area contributed by atoms with Gasteiger partial charge in [0.1, 0.15) is 0 Å². The fourth-order valence-electron chi connectivity index (χ4n) is 3.36. The van der Waals surface area contributed by atoms with E-state index in [0.717, 1.165) is 22.0 Å². The zero-order valence-electron chi connectivity index (χ0n) is 17.6. The summed E-state index contributed by atoms with van der Waals surface area (Å²) in [7, 11) is 1.62. The Kier molecular flexibility index (Phi) is 7.85. The standard InChI is InChI=1S/C25H27N3O3/c1-26-24(30)13-4-2-3-8-18-9-7-10-19(14-18)25(31)28-21(17-29)15-20-16-27-23-12-6-5-11-22(20)23/h5-7,9-12,14,16,21,27,29H,2,4,13,15,17H2,1H3,(H,26,30)(H,28,31). The molecule has 160 valence electrons. The van der Waals surface area contributed by atoms with Gasteiger partial charge in [0.05, 0.1) is 12.6 Å². The molecule has 4 N–H and O–H groups in total. The lowest BCUT2D eigenvalue weighted by Gasteiger charge is -2.16. The number of nitrogens with one attached hydrogen (secondary N) is 3. The summed E-state index contributed by atoms with van der Waals surface area (Å²) in [5.74, 6) is 5.84. The lowest BCUT2D eigenvalue weighted by atomic mass is 10.0. The Morgan fingerprint density at radius 2 is 2.00 bits per heavy atom. The van der Waals surface area contributed by atoms with Gasteiger partial charge >= 0.3 is 0 Å². The molecule has 0 aliphatic heterocycles. The summed E-state index contributed by atoms with van der Waals surface area (Å²) < 4.78 is 0. The van der Waals surface area contributed by atoms with E-state index in [2.05, 4.69) is 27.5 Å². The summed E-state index contributed by atoms with van der Waals surface area (Å²) >= 11 is 0. The van der Waals surface area contributed by atoms with Crippen LogP contribution in [0.25, 0.3) is 10.9 Å². The number of hydrogen-bond acceptors (Lipinski definition) is 3. The summed E-state index contributed by atoms with van der Waals surface area (Å²) in [6.07, 6.45) is 4.20. The summed E-state index contributed by atoms with van der Waals surface area (Å²) in [4.78, 5) is 27.2. The summed E-state index contributed by atoms with van der Waals surface area (Å²) in [5.41, 5.74) is 3.31. The van der Waals surface area contributed by atoms with Crippen molar-refractivity contribution in [3.63, 3.8) is 0 Å². The van der Waals surface area contributed by atoms with Crippen LogP contribution in [0.2, 0.25) is 0 Å². The van der Waals surface area contributed by atoms with Gasteiger partial charge in [0.25, 0.3) is 5.91 Å². The predicted octanol–water partition coefficient (Wildman–Crippen LogP) is 2.77. The van der Waals surface area contributed by atoms with Crippen LogP contribution in [-0.2, 0) is 11.2 Å². The first-order chi connectivity index (χ1) is 15.1. The van der Waals surface area contributed by atoms with Gasteiger partial charge in [-0.3, -0.25) is 9.59 Å². The smallest absolute Gasteiger partial charge is 0.251 e. The van der Waals surface area contributed by atoms with Crippen molar-refractivity contribution in [1.29, 1.82) is 0 Å². The Morgan fingerprint density at radius 3 is 2.81 bits per heavy atom. The number of carbonyl (C=O) groups excluding carboxylic acids is 2. The average molecular weight is 418 g/mol. The van der Waals surface area contributed by atoms with Gasteiger partial charge in [-0.25, -0.2) is 0 Å². The second-order valence-electron chi connectivity index (χ2n) is 7.33. The number of aliphatic hydroxyl groups excluding tert-OH is 1. The summed E-state index contributed by atoms with van der Waals surface area (Å²) in [6, 6.07) is 14.7. The molecule has 2 aromatic carbocycles. The molecule has 1 atom stereocenters. The Hall–Kier alpha value is -3.56. The minimum absolute atomic E-state index is 0.00606. The second kappa shape index (κ2) is 11.0. The second-order valence-corrected chi connectivity index (χ2v) is 7.33. The molecule has 1 heterocycles. The Labute approximate surface area is 182 Å². The molecule has 0 saturated carbocycles. The number of fused-ring (bicyclic) bond motifs is 1. The first kappa shape index (κ1) is 22.1. The van der Waals surface area contributed by atoms with E-state index >= 15 is 0 Å². The van der Waals surface area contributed by atoms with Gasteiger partial charge < -0.3 is 20.7 Å². The Bertz CT molecular complexity index is 1110. The number of H-pyrrole nitrogens is 1. The normalized spacial score (nSPS) is 11.4. The molecular formula is C25H27N3O3. The monoisotopic (exact) mass is 417 g/mol. The molecule has 1 aromatic heterocycles. The quantitative estimate of drug-likeness (QED) is 0.335. The Morgan fingerprint density at radius 1 is 1.16 bits per heavy atom. The van der Waals surface area contributed by atoms with E-state index in [0.29, 0.717) is 31.2 Å². The highest BCUT2D eigenvalue weighted by Crippen LogP contribution is 2.19. The van der Waals surface area contributed by atoms with Crippen LogP contribution in [0.1, 0.15) is 40.7 Å². The topological polar surface area (TPSA) is 94.2 Å². The van der Waals surface area contributed by atoms with E-state index < -0.39 is 6.04 Å². The minimum atomic E-state index is -0.397. The lowest BCUT2D eigenvalue weighted by molar-refractivity contribution is -0.120. The SMILES string of the molecule is CNC(=O)CCCC#Cc1cccc(C(=O)NC(CO)Cc2c[nH]c3ccccc23)c1. The highest BCUT2D eigenvalue weighted by molar-refractivity contribution is 5.94. The first-order valence-electron chi connectivity index (χ1n) is 10.4. The predicted molar refractivity (Wildman–Crippen MR) is 122 cm³/mol. The van der Waals surface area contributed by atoms with Crippen LogP contribution >= 0.6 is 0 Å². The van der Waals surface area contributed by atoms with Gasteiger partial charge in [-0.2, -0.15) is 0 Å². The van der Waals surface area contributed by atoms with E-state index in [1.54, 1.807) is 25.2 Å². The molecule has 3 aromatic rings. The molecule has 3 rings (SSSR count). The molecule has 31 heavy (non-hydrogen) atoms. The molecule has 0 fully saturated rings. The van der Waals surface area contributed by atoms with E-state index in [9.17, 15) is 14.7 Å².